The van der Waals surface area contributed by atoms with E-state index in [0.29, 0.717) is 12.8 Å². The second-order valence-electron chi connectivity index (χ2n) is 5.31. The van der Waals surface area contributed by atoms with Gasteiger partial charge in [-0.2, -0.15) is 13.2 Å². The van der Waals surface area contributed by atoms with Crippen LogP contribution in [-0.2, 0) is 17.5 Å². The van der Waals surface area contributed by atoms with E-state index in [0.717, 1.165) is 18.6 Å². The molecule has 0 heterocycles. The van der Waals surface area contributed by atoms with Crippen LogP contribution in [0.25, 0.3) is 0 Å². The Kier molecular flexibility index (Phi) is 7.02. The highest BCUT2D eigenvalue weighted by Gasteiger charge is 2.31. The largest absolute Gasteiger partial charge is 0.416 e. The average Bonchev–Trinajstić information content (AvgIpc) is 2.49. The first-order valence-corrected chi connectivity index (χ1v) is 7.45. The number of unbranched alkanes of at least 4 members (excludes halogenated alkanes) is 1. The SMILES string of the molecule is CCCCC(NC(N)=O)C(=O)Nc1cc(CN)cc(C(F)(F)F)c1. The predicted molar refractivity (Wildman–Crippen MR) is 84.0 cm³/mol. The molecular formula is C15H21F3N4O2. The molecule has 0 spiro atoms. The van der Waals surface area contributed by atoms with Crippen molar-refractivity contribution in [1.82, 2.24) is 5.32 Å². The Balaban J connectivity index is 2.99. The number of alkyl halides is 3. The number of hydrogen-bond donors (Lipinski definition) is 4. The summed E-state index contributed by atoms with van der Waals surface area (Å²) in [5.74, 6) is -0.635. The molecule has 9 heteroatoms. The van der Waals surface area contributed by atoms with Crippen LogP contribution in [0.15, 0.2) is 18.2 Å². The van der Waals surface area contributed by atoms with E-state index in [2.05, 4.69) is 10.6 Å². The van der Waals surface area contributed by atoms with Gasteiger partial charge in [-0.1, -0.05) is 19.8 Å². The Bertz CT molecular complexity index is 591. The molecule has 0 radical (unpaired) electrons. The molecule has 0 fully saturated rings. The third-order valence-corrected chi connectivity index (χ3v) is 3.30. The number of anilines is 1. The summed E-state index contributed by atoms with van der Waals surface area (Å²) in [6.45, 7) is 1.80. The van der Waals surface area contributed by atoms with Crippen molar-refractivity contribution in [2.24, 2.45) is 11.5 Å². The number of hydrogen-bond acceptors (Lipinski definition) is 3. The smallest absolute Gasteiger partial charge is 0.352 e. The molecular weight excluding hydrogens is 325 g/mol. The molecule has 0 bridgehead atoms. The van der Waals surface area contributed by atoms with Crippen LogP contribution in [0.2, 0.25) is 0 Å². The molecule has 6 nitrogen and oxygen atoms in total. The predicted octanol–water partition coefficient (Wildman–Crippen LogP) is 2.33. The molecule has 0 aliphatic carbocycles. The number of primary amides is 1. The van der Waals surface area contributed by atoms with Crippen LogP contribution in [0, 0.1) is 0 Å². The van der Waals surface area contributed by atoms with Crippen LogP contribution in [0.5, 0.6) is 0 Å². The zero-order valence-electron chi connectivity index (χ0n) is 13.2. The van der Waals surface area contributed by atoms with Gasteiger partial charge in [-0.05, 0) is 30.2 Å². The number of benzene rings is 1. The number of carbonyl (C=O) groups excluding carboxylic acids is 2. The van der Waals surface area contributed by atoms with Crippen LogP contribution >= 0.6 is 0 Å². The standard InChI is InChI=1S/C15H21F3N4O2/c1-2-3-4-12(22-14(20)24)13(23)21-11-6-9(8-19)5-10(7-11)15(16,17)18/h5-7,12H,2-4,8,19H2,1H3,(H,21,23)(H3,20,22,24). The summed E-state index contributed by atoms with van der Waals surface area (Å²) in [5.41, 5.74) is 9.71. The van der Waals surface area contributed by atoms with Gasteiger partial charge in [0.05, 0.1) is 5.56 Å². The maximum Gasteiger partial charge on any atom is 0.416 e. The van der Waals surface area contributed by atoms with Crippen molar-refractivity contribution in [3.8, 4) is 0 Å². The van der Waals surface area contributed by atoms with Gasteiger partial charge in [-0.3, -0.25) is 4.79 Å². The summed E-state index contributed by atoms with van der Waals surface area (Å²) < 4.78 is 38.7. The number of urea groups is 1. The normalized spacial score (nSPS) is 12.5. The van der Waals surface area contributed by atoms with Gasteiger partial charge >= 0.3 is 12.2 Å². The van der Waals surface area contributed by atoms with E-state index in [-0.39, 0.29) is 17.8 Å². The van der Waals surface area contributed by atoms with E-state index in [1.165, 1.54) is 6.07 Å². The van der Waals surface area contributed by atoms with E-state index >= 15 is 0 Å². The molecule has 0 aliphatic rings. The minimum Gasteiger partial charge on any atom is -0.352 e. The van der Waals surface area contributed by atoms with Crippen molar-refractivity contribution in [2.45, 2.75) is 44.9 Å². The van der Waals surface area contributed by atoms with Gasteiger partial charge in [0.15, 0.2) is 0 Å². The number of amides is 3. The molecule has 6 N–H and O–H groups in total. The lowest BCUT2D eigenvalue weighted by Gasteiger charge is -2.18. The highest BCUT2D eigenvalue weighted by molar-refractivity contribution is 5.97. The molecule has 1 unspecified atom stereocenters. The third kappa shape index (κ3) is 6.07. The molecule has 3 amide bonds. The number of rotatable bonds is 7. The molecule has 0 aliphatic heterocycles. The maximum absolute atomic E-state index is 12.9. The van der Waals surface area contributed by atoms with Crippen molar-refractivity contribution < 1.29 is 22.8 Å². The van der Waals surface area contributed by atoms with Crippen molar-refractivity contribution in [1.29, 1.82) is 0 Å². The molecule has 1 atom stereocenters. The van der Waals surface area contributed by atoms with Crippen LogP contribution < -0.4 is 22.1 Å². The molecule has 0 saturated carbocycles. The van der Waals surface area contributed by atoms with E-state index in [4.69, 9.17) is 11.5 Å². The van der Waals surface area contributed by atoms with E-state index in [1.807, 2.05) is 6.92 Å². The summed E-state index contributed by atoms with van der Waals surface area (Å²) >= 11 is 0. The zero-order valence-corrected chi connectivity index (χ0v) is 13.2. The fourth-order valence-electron chi connectivity index (χ4n) is 2.12. The molecule has 1 aromatic rings. The Morgan fingerprint density at radius 3 is 2.42 bits per heavy atom. The minimum absolute atomic E-state index is 0.0388. The number of carbonyl (C=O) groups is 2. The zero-order chi connectivity index (χ0) is 18.3. The maximum atomic E-state index is 12.9. The lowest BCUT2D eigenvalue weighted by molar-refractivity contribution is -0.137. The van der Waals surface area contributed by atoms with Crippen LogP contribution in [0.1, 0.15) is 37.3 Å². The van der Waals surface area contributed by atoms with Gasteiger partial charge in [-0.25, -0.2) is 4.79 Å². The topological polar surface area (TPSA) is 110 Å². The molecule has 0 saturated heterocycles. The molecule has 24 heavy (non-hydrogen) atoms. The van der Waals surface area contributed by atoms with Gasteiger partial charge in [0.1, 0.15) is 6.04 Å². The molecule has 1 aromatic carbocycles. The summed E-state index contributed by atoms with van der Waals surface area (Å²) in [5, 5.41) is 4.67. The summed E-state index contributed by atoms with van der Waals surface area (Å²) in [4.78, 5) is 23.2. The quantitative estimate of drug-likeness (QED) is 0.608. The number of halogens is 3. The van der Waals surface area contributed by atoms with Gasteiger partial charge < -0.3 is 22.1 Å². The molecule has 0 aromatic heterocycles. The second-order valence-corrected chi connectivity index (χ2v) is 5.31. The monoisotopic (exact) mass is 346 g/mol. The Labute approximate surface area is 137 Å². The minimum atomic E-state index is -4.56. The second kappa shape index (κ2) is 8.53. The molecule has 1 rings (SSSR count). The average molecular weight is 346 g/mol. The van der Waals surface area contributed by atoms with Gasteiger partial charge in [0, 0.05) is 12.2 Å². The van der Waals surface area contributed by atoms with Crippen molar-refractivity contribution in [3.05, 3.63) is 29.3 Å². The molecule has 134 valence electrons. The first kappa shape index (κ1) is 19.8. The lowest BCUT2D eigenvalue weighted by Crippen LogP contribution is -2.46. The van der Waals surface area contributed by atoms with Crippen molar-refractivity contribution in [2.75, 3.05) is 5.32 Å². The van der Waals surface area contributed by atoms with E-state index in [1.54, 1.807) is 0 Å². The first-order chi connectivity index (χ1) is 11.2. The van der Waals surface area contributed by atoms with E-state index < -0.39 is 29.7 Å². The summed E-state index contributed by atoms with van der Waals surface area (Å²) in [7, 11) is 0. The van der Waals surface area contributed by atoms with E-state index in [9.17, 15) is 22.8 Å². The number of nitrogens with two attached hydrogens (primary N) is 2. The Hall–Kier alpha value is -2.29. The fourth-order valence-corrected chi connectivity index (χ4v) is 2.12. The van der Waals surface area contributed by atoms with Gasteiger partial charge in [0.25, 0.3) is 0 Å². The van der Waals surface area contributed by atoms with Gasteiger partial charge in [-0.15, -0.1) is 0 Å². The lowest BCUT2D eigenvalue weighted by atomic mass is 10.1. The highest BCUT2D eigenvalue weighted by Crippen LogP contribution is 2.32. The number of nitrogens with one attached hydrogen (secondary N) is 2. The van der Waals surface area contributed by atoms with Crippen LogP contribution in [0.4, 0.5) is 23.7 Å². The summed E-state index contributed by atoms with van der Waals surface area (Å²) in [6.07, 6.45) is -2.80. The Morgan fingerprint density at radius 2 is 1.92 bits per heavy atom. The fraction of sp³-hybridized carbons (Fsp3) is 0.467. The first-order valence-electron chi connectivity index (χ1n) is 7.45. The summed E-state index contributed by atoms with van der Waals surface area (Å²) in [6, 6.07) is 1.30. The van der Waals surface area contributed by atoms with Gasteiger partial charge in [0.2, 0.25) is 5.91 Å². The van der Waals surface area contributed by atoms with Crippen LogP contribution in [0.3, 0.4) is 0 Å². The third-order valence-electron chi connectivity index (χ3n) is 3.30. The van der Waals surface area contributed by atoms with Crippen molar-refractivity contribution >= 4 is 17.6 Å². The van der Waals surface area contributed by atoms with Crippen LogP contribution in [-0.4, -0.2) is 18.0 Å². The Morgan fingerprint density at radius 1 is 1.25 bits per heavy atom. The van der Waals surface area contributed by atoms with Crippen molar-refractivity contribution in [3.63, 3.8) is 0 Å². The highest BCUT2D eigenvalue weighted by atomic mass is 19.4.